The first-order valence-electron chi connectivity index (χ1n) is 8.75. The third-order valence-corrected chi connectivity index (χ3v) is 4.29. The van der Waals surface area contributed by atoms with Crippen LogP contribution >= 0.6 is 0 Å². The van der Waals surface area contributed by atoms with Crippen LogP contribution in [0.4, 0.5) is 17.1 Å². The van der Waals surface area contributed by atoms with Crippen molar-refractivity contribution in [3.63, 3.8) is 0 Å². The molecule has 2 aromatic carbocycles. The Morgan fingerprint density at radius 3 is 2.46 bits per heavy atom. The summed E-state index contributed by atoms with van der Waals surface area (Å²) in [5.41, 5.74) is 6.65. The number of rotatable bonds is 5. The second-order valence-corrected chi connectivity index (χ2v) is 6.41. The highest BCUT2D eigenvalue weighted by Crippen LogP contribution is 2.22. The smallest absolute Gasteiger partial charge is 0.257 e. The molecule has 4 heteroatoms. The summed E-state index contributed by atoms with van der Waals surface area (Å²) in [6.07, 6.45) is 4.27. The van der Waals surface area contributed by atoms with E-state index in [2.05, 4.69) is 47.7 Å². The van der Waals surface area contributed by atoms with Crippen LogP contribution in [-0.2, 0) is 6.42 Å². The molecule has 0 saturated carbocycles. The maximum atomic E-state index is 12.5. The highest BCUT2D eigenvalue weighted by Gasteiger charge is 2.08. The Balaban J connectivity index is 1.75. The predicted molar refractivity (Wildman–Crippen MR) is 107 cm³/mol. The van der Waals surface area contributed by atoms with Crippen LogP contribution in [0.1, 0.15) is 34.0 Å². The minimum Gasteiger partial charge on any atom is -0.354 e. The van der Waals surface area contributed by atoms with Crippen LogP contribution in [0, 0.1) is 13.8 Å². The maximum absolute atomic E-state index is 12.5. The molecule has 0 atom stereocenters. The summed E-state index contributed by atoms with van der Waals surface area (Å²) in [7, 11) is 0. The number of carbonyl (C=O) groups excluding carboxylic acids is 1. The van der Waals surface area contributed by atoms with Gasteiger partial charge in [0.25, 0.3) is 5.91 Å². The van der Waals surface area contributed by atoms with Gasteiger partial charge in [0.05, 0.1) is 17.4 Å². The molecule has 0 bridgehead atoms. The van der Waals surface area contributed by atoms with Gasteiger partial charge >= 0.3 is 0 Å². The van der Waals surface area contributed by atoms with Crippen LogP contribution in [0.25, 0.3) is 0 Å². The second-order valence-electron chi connectivity index (χ2n) is 6.41. The van der Waals surface area contributed by atoms with Crippen molar-refractivity contribution in [1.29, 1.82) is 0 Å². The van der Waals surface area contributed by atoms with E-state index in [1.54, 1.807) is 12.4 Å². The second kappa shape index (κ2) is 7.83. The molecular weight excluding hydrogens is 322 g/mol. The molecule has 0 fully saturated rings. The van der Waals surface area contributed by atoms with Crippen molar-refractivity contribution in [1.82, 2.24) is 4.98 Å². The Morgan fingerprint density at radius 2 is 1.73 bits per heavy atom. The van der Waals surface area contributed by atoms with Gasteiger partial charge in [0.2, 0.25) is 0 Å². The van der Waals surface area contributed by atoms with E-state index in [1.807, 2.05) is 37.3 Å². The van der Waals surface area contributed by atoms with Gasteiger partial charge in [-0.05, 0) is 61.2 Å². The van der Waals surface area contributed by atoms with Crippen LogP contribution in [0.3, 0.4) is 0 Å². The summed E-state index contributed by atoms with van der Waals surface area (Å²) < 4.78 is 0. The van der Waals surface area contributed by atoms with Crippen LogP contribution in [-0.4, -0.2) is 10.9 Å². The fraction of sp³-hybridized carbons (Fsp3) is 0.182. The molecular formula is C22H23N3O. The lowest BCUT2D eigenvalue weighted by molar-refractivity contribution is 0.102. The number of anilines is 3. The molecule has 1 heterocycles. The SMILES string of the molecule is CCc1ccc(NC(=O)c2cncc(Nc3cc(C)ccc3C)c2)cc1. The number of amides is 1. The number of aryl methyl sites for hydroxylation is 3. The normalized spacial score (nSPS) is 10.4. The van der Waals surface area contributed by atoms with E-state index in [9.17, 15) is 4.79 Å². The summed E-state index contributed by atoms with van der Waals surface area (Å²) in [6, 6.07) is 15.9. The van der Waals surface area contributed by atoms with Gasteiger partial charge in [0, 0.05) is 17.6 Å². The number of hydrogen-bond donors (Lipinski definition) is 2. The summed E-state index contributed by atoms with van der Waals surface area (Å²) >= 11 is 0. The predicted octanol–water partition coefficient (Wildman–Crippen LogP) is 5.26. The average Bonchev–Trinajstić information content (AvgIpc) is 2.65. The van der Waals surface area contributed by atoms with Crippen molar-refractivity contribution in [3.8, 4) is 0 Å². The average molecular weight is 345 g/mol. The first-order chi connectivity index (χ1) is 12.5. The number of benzene rings is 2. The minimum atomic E-state index is -0.175. The van der Waals surface area contributed by atoms with E-state index in [4.69, 9.17) is 0 Å². The van der Waals surface area contributed by atoms with Gasteiger partial charge in [-0.1, -0.05) is 31.2 Å². The molecule has 0 aliphatic carbocycles. The number of pyridine rings is 1. The zero-order chi connectivity index (χ0) is 18.5. The zero-order valence-corrected chi connectivity index (χ0v) is 15.3. The van der Waals surface area contributed by atoms with Gasteiger partial charge in [0.15, 0.2) is 0 Å². The standard InChI is InChI=1S/C22H23N3O/c1-4-17-7-9-19(10-8-17)25-22(26)18-12-20(14-23-13-18)24-21-11-15(2)5-6-16(21)3/h5-14,24H,4H2,1-3H3,(H,25,26). The number of hydrogen-bond acceptors (Lipinski definition) is 3. The molecule has 0 unspecified atom stereocenters. The van der Waals surface area contributed by atoms with Crippen molar-refractivity contribution < 1.29 is 4.79 Å². The first-order valence-corrected chi connectivity index (χ1v) is 8.75. The Labute approximate surface area is 154 Å². The van der Waals surface area contributed by atoms with E-state index in [1.165, 1.54) is 11.1 Å². The highest BCUT2D eigenvalue weighted by molar-refractivity contribution is 6.04. The summed E-state index contributed by atoms with van der Waals surface area (Å²) in [5, 5.41) is 6.26. The quantitative estimate of drug-likeness (QED) is 0.663. The molecule has 2 N–H and O–H groups in total. The van der Waals surface area contributed by atoms with E-state index >= 15 is 0 Å². The Morgan fingerprint density at radius 1 is 0.962 bits per heavy atom. The number of carbonyl (C=O) groups is 1. The Kier molecular flexibility index (Phi) is 5.32. The molecule has 1 aromatic heterocycles. The Bertz CT molecular complexity index is 917. The molecule has 3 aromatic rings. The summed E-state index contributed by atoms with van der Waals surface area (Å²) in [4.78, 5) is 16.7. The maximum Gasteiger partial charge on any atom is 0.257 e. The minimum absolute atomic E-state index is 0.175. The van der Waals surface area contributed by atoms with E-state index in [-0.39, 0.29) is 5.91 Å². The monoisotopic (exact) mass is 345 g/mol. The van der Waals surface area contributed by atoms with Crippen LogP contribution in [0.5, 0.6) is 0 Å². The first kappa shape index (κ1) is 17.7. The van der Waals surface area contributed by atoms with Crippen LogP contribution in [0.15, 0.2) is 60.9 Å². The molecule has 4 nitrogen and oxygen atoms in total. The van der Waals surface area contributed by atoms with Gasteiger partial charge in [-0.2, -0.15) is 0 Å². The van der Waals surface area contributed by atoms with Crippen LogP contribution < -0.4 is 10.6 Å². The molecule has 0 spiro atoms. The van der Waals surface area contributed by atoms with Crippen molar-refractivity contribution in [2.45, 2.75) is 27.2 Å². The van der Waals surface area contributed by atoms with E-state index < -0.39 is 0 Å². The molecule has 26 heavy (non-hydrogen) atoms. The fourth-order valence-corrected chi connectivity index (χ4v) is 2.69. The van der Waals surface area contributed by atoms with E-state index in [0.717, 1.165) is 29.0 Å². The van der Waals surface area contributed by atoms with Gasteiger partial charge in [0.1, 0.15) is 0 Å². The zero-order valence-electron chi connectivity index (χ0n) is 15.3. The molecule has 3 rings (SSSR count). The van der Waals surface area contributed by atoms with Crippen LogP contribution in [0.2, 0.25) is 0 Å². The summed E-state index contributed by atoms with van der Waals surface area (Å²) in [6.45, 7) is 6.20. The third kappa shape index (κ3) is 4.28. The molecule has 132 valence electrons. The van der Waals surface area contributed by atoms with Crippen molar-refractivity contribution in [2.24, 2.45) is 0 Å². The molecule has 0 aliphatic rings. The molecule has 1 amide bonds. The fourth-order valence-electron chi connectivity index (χ4n) is 2.69. The Hall–Kier alpha value is -3.14. The lowest BCUT2D eigenvalue weighted by Gasteiger charge is -2.11. The van der Waals surface area contributed by atoms with Crippen molar-refractivity contribution in [3.05, 3.63) is 83.2 Å². The molecule has 0 saturated heterocycles. The molecule has 0 aliphatic heterocycles. The van der Waals surface area contributed by atoms with Gasteiger partial charge < -0.3 is 10.6 Å². The van der Waals surface area contributed by atoms with Crippen molar-refractivity contribution >= 4 is 23.0 Å². The number of aromatic nitrogens is 1. The lowest BCUT2D eigenvalue weighted by atomic mass is 10.1. The topological polar surface area (TPSA) is 54.0 Å². The largest absolute Gasteiger partial charge is 0.354 e. The van der Waals surface area contributed by atoms with Gasteiger partial charge in [-0.25, -0.2) is 0 Å². The third-order valence-electron chi connectivity index (χ3n) is 4.29. The summed E-state index contributed by atoms with van der Waals surface area (Å²) in [5.74, 6) is -0.175. The number of nitrogens with one attached hydrogen (secondary N) is 2. The van der Waals surface area contributed by atoms with Gasteiger partial charge in [-0.3, -0.25) is 9.78 Å². The molecule has 0 radical (unpaired) electrons. The van der Waals surface area contributed by atoms with E-state index in [0.29, 0.717) is 5.56 Å². The lowest BCUT2D eigenvalue weighted by Crippen LogP contribution is -2.12. The van der Waals surface area contributed by atoms with Gasteiger partial charge in [-0.15, -0.1) is 0 Å². The van der Waals surface area contributed by atoms with Crippen molar-refractivity contribution in [2.75, 3.05) is 10.6 Å². The number of nitrogens with zero attached hydrogens (tertiary/aromatic N) is 1. The highest BCUT2D eigenvalue weighted by atomic mass is 16.1.